The standard InChI is InChI=1S/C21H17N3O3/c1-14(15-6-8-16(9-7-15)24-11-10-22-13-24)23-21(26)20-12-18(25)17-4-2-3-5-19(17)27-20/h2-14H,1H3,(H,23,26)/t14-/m0/s1. The predicted octanol–water partition coefficient (Wildman–Crippen LogP) is 3.47. The molecule has 2 aromatic carbocycles. The van der Waals surface area contributed by atoms with Gasteiger partial charge in [0.1, 0.15) is 5.58 Å². The molecule has 0 saturated heterocycles. The van der Waals surface area contributed by atoms with Crippen molar-refractivity contribution in [3.8, 4) is 5.69 Å². The second-order valence-corrected chi connectivity index (χ2v) is 6.23. The van der Waals surface area contributed by atoms with Gasteiger partial charge < -0.3 is 14.3 Å². The van der Waals surface area contributed by atoms with Gasteiger partial charge in [-0.1, -0.05) is 24.3 Å². The van der Waals surface area contributed by atoms with Crippen LogP contribution in [0.1, 0.15) is 29.1 Å². The number of carbonyl (C=O) groups excluding carboxylic acids is 1. The highest BCUT2D eigenvalue weighted by atomic mass is 16.3. The molecule has 1 amide bonds. The van der Waals surface area contributed by atoms with E-state index in [-0.39, 0.29) is 17.2 Å². The van der Waals surface area contributed by atoms with Crippen molar-refractivity contribution >= 4 is 16.9 Å². The molecule has 4 aromatic rings. The summed E-state index contributed by atoms with van der Waals surface area (Å²) in [5.41, 5.74) is 2.08. The highest BCUT2D eigenvalue weighted by Gasteiger charge is 2.15. The Morgan fingerprint density at radius 1 is 1.15 bits per heavy atom. The molecule has 1 atom stereocenters. The third-order valence-corrected chi connectivity index (χ3v) is 4.40. The first kappa shape index (κ1) is 16.8. The van der Waals surface area contributed by atoms with Crippen molar-refractivity contribution in [2.45, 2.75) is 13.0 Å². The summed E-state index contributed by atoms with van der Waals surface area (Å²) in [6.45, 7) is 1.88. The van der Waals surface area contributed by atoms with Gasteiger partial charge in [-0.05, 0) is 36.8 Å². The largest absolute Gasteiger partial charge is 0.451 e. The van der Waals surface area contributed by atoms with Gasteiger partial charge in [0.15, 0.2) is 11.2 Å². The summed E-state index contributed by atoms with van der Waals surface area (Å²) in [4.78, 5) is 28.7. The van der Waals surface area contributed by atoms with Gasteiger partial charge in [-0.15, -0.1) is 0 Å². The number of fused-ring (bicyclic) bond motifs is 1. The molecule has 27 heavy (non-hydrogen) atoms. The maximum atomic E-state index is 12.5. The normalized spacial score (nSPS) is 12.0. The second kappa shape index (κ2) is 6.92. The summed E-state index contributed by atoms with van der Waals surface area (Å²) in [5, 5.41) is 3.32. The van der Waals surface area contributed by atoms with E-state index in [9.17, 15) is 9.59 Å². The molecule has 1 N–H and O–H groups in total. The number of nitrogens with zero attached hydrogens (tertiary/aromatic N) is 2. The molecule has 0 spiro atoms. The number of hydrogen-bond donors (Lipinski definition) is 1. The number of imidazole rings is 1. The van der Waals surface area contributed by atoms with E-state index in [2.05, 4.69) is 10.3 Å². The molecular formula is C21H17N3O3. The van der Waals surface area contributed by atoms with E-state index in [1.807, 2.05) is 42.0 Å². The molecule has 0 radical (unpaired) electrons. The first-order valence-electron chi connectivity index (χ1n) is 8.54. The minimum absolute atomic E-state index is 0.000542. The molecule has 2 heterocycles. The second-order valence-electron chi connectivity index (χ2n) is 6.23. The zero-order valence-corrected chi connectivity index (χ0v) is 14.6. The predicted molar refractivity (Wildman–Crippen MR) is 102 cm³/mol. The zero-order valence-electron chi connectivity index (χ0n) is 14.6. The Labute approximate surface area is 155 Å². The monoisotopic (exact) mass is 359 g/mol. The number of rotatable bonds is 4. The van der Waals surface area contributed by atoms with Gasteiger partial charge in [0.2, 0.25) is 0 Å². The van der Waals surface area contributed by atoms with Crippen LogP contribution in [0.3, 0.4) is 0 Å². The lowest BCUT2D eigenvalue weighted by molar-refractivity contribution is 0.0912. The van der Waals surface area contributed by atoms with Crippen molar-refractivity contribution < 1.29 is 9.21 Å². The number of aromatic nitrogens is 2. The molecule has 0 unspecified atom stereocenters. The maximum absolute atomic E-state index is 12.5. The van der Waals surface area contributed by atoms with Gasteiger partial charge in [-0.3, -0.25) is 9.59 Å². The number of carbonyl (C=O) groups is 1. The van der Waals surface area contributed by atoms with E-state index in [4.69, 9.17) is 4.42 Å². The van der Waals surface area contributed by atoms with Crippen LogP contribution in [0.4, 0.5) is 0 Å². The molecule has 2 aromatic heterocycles. The Morgan fingerprint density at radius 2 is 1.93 bits per heavy atom. The minimum atomic E-state index is -0.427. The molecular weight excluding hydrogens is 342 g/mol. The van der Waals surface area contributed by atoms with E-state index < -0.39 is 5.91 Å². The fraction of sp³-hybridized carbons (Fsp3) is 0.0952. The third kappa shape index (κ3) is 3.37. The molecule has 0 aliphatic rings. The number of hydrogen-bond acceptors (Lipinski definition) is 4. The van der Waals surface area contributed by atoms with Crippen molar-refractivity contribution in [3.63, 3.8) is 0 Å². The van der Waals surface area contributed by atoms with E-state index in [0.717, 1.165) is 11.3 Å². The lowest BCUT2D eigenvalue weighted by atomic mass is 10.1. The van der Waals surface area contributed by atoms with Crippen LogP contribution in [-0.2, 0) is 0 Å². The third-order valence-electron chi connectivity index (χ3n) is 4.40. The number of amides is 1. The van der Waals surface area contributed by atoms with Gasteiger partial charge >= 0.3 is 0 Å². The molecule has 0 saturated carbocycles. The summed E-state index contributed by atoms with van der Waals surface area (Å²) in [6, 6.07) is 15.6. The molecule has 0 bridgehead atoms. The van der Waals surface area contributed by atoms with Crippen LogP contribution >= 0.6 is 0 Å². The average molecular weight is 359 g/mol. The maximum Gasteiger partial charge on any atom is 0.287 e. The smallest absolute Gasteiger partial charge is 0.287 e. The van der Waals surface area contributed by atoms with E-state index in [1.54, 1.807) is 36.8 Å². The molecule has 6 nitrogen and oxygen atoms in total. The van der Waals surface area contributed by atoms with Crippen molar-refractivity contribution in [2.75, 3.05) is 0 Å². The zero-order chi connectivity index (χ0) is 18.8. The fourth-order valence-electron chi connectivity index (χ4n) is 2.91. The number of benzene rings is 2. The molecule has 4 rings (SSSR count). The van der Waals surface area contributed by atoms with Crippen LogP contribution in [0.2, 0.25) is 0 Å². The van der Waals surface area contributed by atoms with Crippen molar-refractivity contribution in [1.82, 2.24) is 14.9 Å². The lowest BCUT2D eigenvalue weighted by Gasteiger charge is -2.14. The van der Waals surface area contributed by atoms with Crippen LogP contribution in [0, 0.1) is 0 Å². The quantitative estimate of drug-likeness (QED) is 0.605. The van der Waals surface area contributed by atoms with Gasteiger partial charge in [0.05, 0.1) is 17.8 Å². The Kier molecular flexibility index (Phi) is 4.30. The van der Waals surface area contributed by atoms with E-state index in [1.165, 1.54) is 6.07 Å². The van der Waals surface area contributed by atoms with Crippen molar-refractivity contribution in [3.05, 3.63) is 94.9 Å². The Morgan fingerprint density at radius 3 is 2.67 bits per heavy atom. The first-order valence-corrected chi connectivity index (χ1v) is 8.54. The van der Waals surface area contributed by atoms with E-state index in [0.29, 0.717) is 11.0 Å². The lowest BCUT2D eigenvalue weighted by Crippen LogP contribution is -2.27. The van der Waals surface area contributed by atoms with Crippen LogP contribution in [0.25, 0.3) is 16.7 Å². The van der Waals surface area contributed by atoms with Crippen LogP contribution < -0.4 is 10.7 Å². The number of para-hydroxylation sites is 1. The summed E-state index contributed by atoms with van der Waals surface area (Å²) in [6.07, 6.45) is 5.30. The Balaban J connectivity index is 1.53. The Bertz CT molecular complexity index is 1150. The van der Waals surface area contributed by atoms with Crippen LogP contribution in [0.15, 0.2) is 82.5 Å². The van der Waals surface area contributed by atoms with Crippen molar-refractivity contribution in [2.24, 2.45) is 0 Å². The summed E-state index contributed by atoms with van der Waals surface area (Å²) in [7, 11) is 0. The fourth-order valence-corrected chi connectivity index (χ4v) is 2.91. The molecule has 0 fully saturated rings. The highest BCUT2D eigenvalue weighted by Crippen LogP contribution is 2.17. The molecule has 6 heteroatoms. The summed E-state index contributed by atoms with van der Waals surface area (Å²) >= 11 is 0. The Hall–Kier alpha value is -3.67. The molecule has 134 valence electrons. The molecule has 0 aliphatic carbocycles. The van der Waals surface area contributed by atoms with Crippen LogP contribution in [0.5, 0.6) is 0 Å². The minimum Gasteiger partial charge on any atom is -0.451 e. The molecule has 0 aliphatic heterocycles. The summed E-state index contributed by atoms with van der Waals surface area (Å²) < 4.78 is 7.49. The van der Waals surface area contributed by atoms with Gasteiger partial charge in [0.25, 0.3) is 5.91 Å². The first-order chi connectivity index (χ1) is 13.1. The summed E-state index contributed by atoms with van der Waals surface area (Å²) in [5.74, 6) is -0.426. The number of nitrogens with one attached hydrogen (secondary N) is 1. The highest BCUT2D eigenvalue weighted by molar-refractivity contribution is 5.93. The average Bonchev–Trinajstić information content (AvgIpc) is 3.23. The van der Waals surface area contributed by atoms with Crippen LogP contribution in [-0.4, -0.2) is 15.5 Å². The van der Waals surface area contributed by atoms with Gasteiger partial charge in [0, 0.05) is 24.1 Å². The van der Waals surface area contributed by atoms with Crippen molar-refractivity contribution in [1.29, 1.82) is 0 Å². The topological polar surface area (TPSA) is 77.1 Å². The van der Waals surface area contributed by atoms with Gasteiger partial charge in [-0.2, -0.15) is 0 Å². The van der Waals surface area contributed by atoms with Gasteiger partial charge in [-0.25, -0.2) is 4.98 Å². The van der Waals surface area contributed by atoms with E-state index >= 15 is 0 Å². The SMILES string of the molecule is C[C@H](NC(=O)c1cc(=O)c2ccccc2o1)c1ccc(-n2ccnc2)cc1.